The predicted molar refractivity (Wildman–Crippen MR) is 91.7 cm³/mol. The van der Waals surface area contributed by atoms with Gasteiger partial charge >= 0.3 is 0 Å². The molecular formula is C16H18N2O4S2. The molecule has 0 spiro atoms. The minimum atomic E-state index is -3.43. The van der Waals surface area contributed by atoms with E-state index in [4.69, 9.17) is 0 Å². The normalized spacial score (nSPS) is 16.8. The number of phenols is 1. The predicted octanol–water partition coefficient (Wildman–Crippen LogP) is 2.04. The number of amides is 1. The SMILES string of the molecule is O=C(NC1CCN(S(=O)(=O)c2cccs2)CC1)c1ccccc1O. The Bertz CT molecular complexity index is 810. The second-order valence-corrected chi connectivity index (χ2v) is 8.71. The molecule has 0 unspecified atom stereocenters. The van der Waals surface area contributed by atoms with E-state index in [9.17, 15) is 18.3 Å². The van der Waals surface area contributed by atoms with Crippen molar-refractivity contribution >= 4 is 27.3 Å². The zero-order valence-electron chi connectivity index (χ0n) is 12.9. The molecule has 2 aromatic rings. The molecule has 0 saturated carbocycles. The number of aromatic hydroxyl groups is 1. The van der Waals surface area contributed by atoms with Crippen molar-refractivity contribution < 1.29 is 18.3 Å². The van der Waals surface area contributed by atoms with Gasteiger partial charge in [-0.3, -0.25) is 4.79 Å². The first-order chi connectivity index (χ1) is 11.5. The van der Waals surface area contributed by atoms with E-state index >= 15 is 0 Å². The van der Waals surface area contributed by atoms with Crippen LogP contribution in [0.1, 0.15) is 23.2 Å². The van der Waals surface area contributed by atoms with Crippen LogP contribution in [0.4, 0.5) is 0 Å². The first kappa shape index (κ1) is 16.9. The second kappa shape index (κ2) is 6.92. The number of hydrogen-bond donors (Lipinski definition) is 2. The van der Waals surface area contributed by atoms with E-state index < -0.39 is 10.0 Å². The lowest BCUT2D eigenvalue weighted by Crippen LogP contribution is -2.46. The summed E-state index contributed by atoms with van der Waals surface area (Å²) in [5.74, 6) is -0.402. The van der Waals surface area contributed by atoms with Gasteiger partial charge in [-0.1, -0.05) is 18.2 Å². The summed E-state index contributed by atoms with van der Waals surface area (Å²) in [5.41, 5.74) is 0.228. The largest absolute Gasteiger partial charge is 0.507 e. The van der Waals surface area contributed by atoms with E-state index in [0.717, 1.165) is 0 Å². The number of phenolic OH excluding ortho intramolecular Hbond substituents is 1. The zero-order chi connectivity index (χ0) is 17.2. The molecule has 1 amide bonds. The third kappa shape index (κ3) is 3.45. The summed E-state index contributed by atoms with van der Waals surface area (Å²) in [4.78, 5) is 12.2. The molecule has 1 aromatic heterocycles. The third-order valence-electron chi connectivity index (χ3n) is 4.03. The van der Waals surface area contributed by atoms with Crippen LogP contribution in [0.5, 0.6) is 5.75 Å². The Balaban J connectivity index is 1.60. The molecule has 2 N–H and O–H groups in total. The number of nitrogens with one attached hydrogen (secondary N) is 1. The molecule has 0 bridgehead atoms. The molecule has 1 fully saturated rings. The minimum Gasteiger partial charge on any atom is -0.507 e. The van der Waals surface area contributed by atoms with Crippen molar-refractivity contribution in [1.29, 1.82) is 0 Å². The van der Waals surface area contributed by atoms with Crippen molar-refractivity contribution in [3.05, 3.63) is 47.3 Å². The molecule has 1 saturated heterocycles. The number of hydrogen-bond acceptors (Lipinski definition) is 5. The van der Waals surface area contributed by atoms with Gasteiger partial charge in [-0.05, 0) is 36.4 Å². The number of carbonyl (C=O) groups is 1. The quantitative estimate of drug-likeness (QED) is 0.867. The summed E-state index contributed by atoms with van der Waals surface area (Å²) in [6.45, 7) is 0.734. The average Bonchev–Trinajstić information content (AvgIpc) is 3.11. The van der Waals surface area contributed by atoms with Gasteiger partial charge < -0.3 is 10.4 Å². The Labute approximate surface area is 144 Å². The summed E-state index contributed by atoms with van der Waals surface area (Å²) in [5, 5.41) is 14.3. The molecule has 2 heterocycles. The van der Waals surface area contributed by atoms with Gasteiger partial charge in [-0.15, -0.1) is 11.3 Å². The van der Waals surface area contributed by atoms with Crippen molar-refractivity contribution in [2.24, 2.45) is 0 Å². The van der Waals surface area contributed by atoms with Crippen molar-refractivity contribution in [2.75, 3.05) is 13.1 Å². The molecule has 8 heteroatoms. The third-order valence-corrected chi connectivity index (χ3v) is 7.30. The molecule has 0 radical (unpaired) electrons. The lowest BCUT2D eigenvalue weighted by atomic mass is 10.1. The van der Waals surface area contributed by atoms with Crippen LogP contribution in [0.2, 0.25) is 0 Å². The standard InChI is InChI=1S/C16H18N2O4S2/c19-14-5-2-1-4-13(14)16(20)17-12-7-9-18(10-8-12)24(21,22)15-6-3-11-23-15/h1-6,11-12,19H,7-10H2,(H,17,20). The van der Waals surface area contributed by atoms with Gasteiger partial charge in [0.15, 0.2) is 0 Å². The van der Waals surface area contributed by atoms with E-state index in [1.807, 2.05) is 0 Å². The molecule has 1 aromatic carbocycles. The highest BCUT2D eigenvalue weighted by Crippen LogP contribution is 2.24. The summed E-state index contributed by atoms with van der Waals surface area (Å²) in [6, 6.07) is 9.58. The zero-order valence-corrected chi connectivity index (χ0v) is 14.5. The van der Waals surface area contributed by atoms with E-state index in [2.05, 4.69) is 5.32 Å². The molecule has 24 heavy (non-hydrogen) atoms. The first-order valence-corrected chi connectivity index (χ1v) is 9.93. The van der Waals surface area contributed by atoms with Crippen LogP contribution in [0, 0.1) is 0 Å². The van der Waals surface area contributed by atoms with Crippen molar-refractivity contribution in [3.63, 3.8) is 0 Å². The lowest BCUT2D eigenvalue weighted by molar-refractivity contribution is 0.0921. The molecular weight excluding hydrogens is 348 g/mol. The average molecular weight is 366 g/mol. The van der Waals surface area contributed by atoms with E-state index in [1.54, 1.807) is 35.7 Å². The van der Waals surface area contributed by atoms with Crippen LogP contribution in [0.25, 0.3) is 0 Å². The highest BCUT2D eigenvalue weighted by Gasteiger charge is 2.30. The number of carbonyl (C=O) groups excluding carboxylic acids is 1. The van der Waals surface area contributed by atoms with Crippen molar-refractivity contribution in [1.82, 2.24) is 9.62 Å². The molecule has 128 valence electrons. The van der Waals surface area contributed by atoms with E-state index in [1.165, 1.54) is 21.7 Å². The van der Waals surface area contributed by atoms with E-state index in [-0.39, 0.29) is 23.3 Å². The maximum atomic E-state index is 12.5. The van der Waals surface area contributed by atoms with Gasteiger partial charge in [0.05, 0.1) is 5.56 Å². The summed E-state index contributed by atoms with van der Waals surface area (Å²) in [7, 11) is -3.43. The van der Waals surface area contributed by atoms with Crippen molar-refractivity contribution in [2.45, 2.75) is 23.1 Å². The fraction of sp³-hybridized carbons (Fsp3) is 0.312. The van der Waals surface area contributed by atoms with Crippen LogP contribution < -0.4 is 5.32 Å². The summed E-state index contributed by atoms with van der Waals surface area (Å²) in [6.07, 6.45) is 1.09. The maximum absolute atomic E-state index is 12.5. The monoisotopic (exact) mass is 366 g/mol. The van der Waals surface area contributed by atoms with Crippen LogP contribution in [-0.4, -0.2) is 42.9 Å². The summed E-state index contributed by atoms with van der Waals surface area (Å²) < 4.78 is 26.7. The number of sulfonamides is 1. The first-order valence-electron chi connectivity index (χ1n) is 7.61. The van der Waals surface area contributed by atoms with E-state index in [0.29, 0.717) is 30.1 Å². The number of benzene rings is 1. The molecule has 3 rings (SSSR count). The highest BCUT2D eigenvalue weighted by molar-refractivity contribution is 7.91. The Hall–Kier alpha value is -1.90. The number of rotatable bonds is 4. The Morgan fingerprint density at radius 3 is 2.50 bits per heavy atom. The van der Waals surface area contributed by atoms with Gasteiger partial charge in [0, 0.05) is 19.1 Å². The minimum absolute atomic E-state index is 0.0623. The van der Waals surface area contributed by atoms with Crippen LogP contribution in [-0.2, 0) is 10.0 Å². The maximum Gasteiger partial charge on any atom is 0.255 e. The van der Waals surface area contributed by atoms with Gasteiger partial charge in [0.2, 0.25) is 0 Å². The number of nitrogens with zero attached hydrogens (tertiary/aromatic N) is 1. The topological polar surface area (TPSA) is 86.7 Å². The Morgan fingerprint density at radius 2 is 1.88 bits per heavy atom. The van der Waals surface area contributed by atoms with Gasteiger partial charge in [-0.2, -0.15) is 4.31 Å². The number of para-hydroxylation sites is 1. The van der Waals surface area contributed by atoms with Gasteiger partial charge in [0.1, 0.15) is 9.96 Å². The molecule has 1 aliphatic heterocycles. The Kier molecular flexibility index (Phi) is 4.88. The van der Waals surface area contributed by atoms with Crippen molar-refractivity contribution in [3.8, 4) is 5.75 Å². The molecule has 0 atom stereocenters. The second-order valence-electron chi connectivity index (χ2n) is 5.60. The molecule has 0 aliphatic carbocycles. The molecule has 6 nitrogen and oxygen atoms in total. The number of thiophene rings is 1. The smallest absolute Gasteiger partial charge is 0.255 e. The van der Waals surface area contributed by atoms with Crippen LogP contribution in [0.15, 0.2) is 46.0 Å². The molecule has 1 aliphatic rings. The van der Waals surface area contributed by atoms with Gasteiger partial charge in [-0.25, -0.2) is 8.42 Å². The summed E-state index contributed by atoms with van der Waals surface area (Å²) >= 11 is 1.21. The van der Waals surface area contributed by atoms with Gasteiger partial charge in [0.25, 0.3) is 15.9 Å². The van der Waals surface area contributed by atoms with Crippen LogP contribution >= 0.6 is 11.3 Å². The lowest BCUT2D eigenvalue weighted by Gasteiger charge is -2.31. The fourth-order valence-corrected chi connectivity index (χ4v) is 5.32. The fourth-order valence-electron chi connectivity index (χ4n) is 2.71. The van der Waals surface area contributed by atoms with Crippen LogP contribution in [0.3, 0.4) is 0 Å². The Morgan fingerprint density at radius 1 is 1.17 bits per heavy atom. The highest BCUT2D eigenvalue weighted by atomic mass is 32.2. The number of piperidine rings is 1.